The number of urea groups is 1. The Kier molecular flexibility index (Phi) is 6.30. The Labute approximate surface area is 114 Å². The van der Waals surface area contributed by atoms with E-state index in [9.17, 15) is 13.2 Å². The number of rotatable bonds is 6. The van der Waals surface area contributed by atoms with Crippen molar-refractivity contribution in [1.29, 1.82) is 0 Å². The molecule has 1 saturated heterocycles. The Morgan fingerprint density at radius 2 is 2.26 bits per heavy atom. The third-order valence-corrected chi connectivity index (χ3v) is 4.76. The van der Waals surface area contributed by atoms with E-state index in [1.807, 2.05) is 13.0 Å². The zero-order valence-electron chi connectivity index (χ0n) is 11.5. The molecule has 0 aromatic carbocycles. The van der Waals surface area contributed by atoms with Gasteiger partial charge in [0.05, 0.1) is 18.1 Å². The van der Waals surface area contributed by atoms with E-state index >= 15 is 0 Å². The van der Waals surface area contributed by atoms with Crippen molar-refractivity contribution in [3.8, 4) is 0 Å². The minimum absolute atomic E-state index is 0.0433. The summed E-state index contributed by atoms with van der Waals surface area (Å²) in [6, 6.07) is -0.529. The van der Waals surface area contributed by atoms with Crippen LogP contribution in [0, 0.1) is 0 Å². The van der Waals surface area contributed by atoms with E-state index in [4.69, 9.17) is 4.74 Å². The molecule has 6 nitrogen and oxygen atoms in total. The van der Waals surface area contributed by atoms with E-state index in [2.05, 4.69) is 5.32 Å². The lowest BCUT2D eigenvalue weighted by Crippen LogP contribution is -2.46. The molecule has 1 atom stereocenters. The first-order valence-corrected chi connectivity index (χ1v) is 8.23. The second kappa shape index (κ2) is 7.49. The average Bonchev–Trinajstić information content (AvgIpc) is 2.70. The number of hydrogen-bond acceptors (Lipinski definition) is 4. The van der Waals surface area contributed by atoms with Gasteiger partial charge in [-0.15, -0.1) is 0 Å². The molecule has 0 saturated carbocycles. The van der Waals surface area contributed by atoms with Gasteiger partial charge in [0.15, 0.2) is 9.84 Å². The quantitative estimate of drug-likeness (QED) is 0.783. The van der Waals surface area contributed by atoms with Crippen LogP contribution in [0.15, 0.2) is 12.3 Å². The van der Waals surface area contributed by atoms with Crippen molar-refractivity contribution in [2.24, 2.45) is 0 Å². The van der Waals surface area contributed by atoms with Gasteiger partial charge in [-0.25, -0.2) is 13.2 Å². The number of nitrogens with zero attached hydrogens (tertiary/aromatic N) is 1. The highest BCUT2D eigenvalue weighted by atomic mass is 32.2. The third kappa shape index (κ3) is 5.20. The molecule has 1 unspecified atom stereocenters. The molecule has 0 spiro atoms. The number of ether oxygens (including phenoxy) is 1. The Morgan fingerprint density at radius 1 is 1.53 bits per heavy atom. The minimum Gasteiger partial charge on any atom is -0.383 e. The highest BCUT2D eigenvalue weighted by Crippen LogP contribution is 2.17. The molecule has 2 amide bonds. The molecule has 0 aromatic heterocycles. The van der Waals surface area contributed by atoms with Gasteiger partial charge in [-0.05, 0) is 12.8 Å². The Balaban J connectivity index is 2.66. The first-order chi connectivity index (χ1) is 9.00. The molecule has 0 radical (unpaired) electrons. The maximum atomic E-state index is 12.0. The molecule has 1 N–H and O–H groups in total. The van der Waals surface area contributed by atoms with Crippen LogP contribution in [-0.2, 0) is 14.6 Å². The van der Waals surface area contributed by atoms with E-state index in [1.165, 1.54) is 0 Å². The van der Waals surface area contributed by atoms with Gasteiger partial charge in [0.1, 0.15) is 0 Å². The van der Waals surface area contributed by atoms with Gasteiger partial charge in [0.2, 0.25) is 0 Å². The van der Waals surface area contributed by atoms with E-state index < -0.39 is 9.84 Å². The van der Waals surface area contributed by atoms with Gasteiger partial charge in [-0.1, -0.05) is 13.0 Å². The summed E-state index contributed by atoms with van der Waals surface area (Å²) in [4.78, 5) is 13.6. The zero-order chi connectivity index (χ0) is 14.3. The van der Waals surface area contributed by atoms with E-state index in [0.717, 1.165) is 6.42 Å². The molecule has 1 heterocycles. The number of carbonyl (C=O) groups is 1. The number of allylic oxidation sites excluding steroid dienone is 1. The number of methoxy groups -OCH3 is 1. The summed E-state index contributed by atoms with van der Waals surface area (Å²) >= 11 is 0. The zero-order valence-corrected chi connectivity index (χ0v) is 12.3. The topological polar surface area (TPSA) is 75.7 Å². The molecule has 1 aliphatic heterocycles. The van der Waals surface area contributed by atoms with Crippen molar-refractivity contribution in [2.75, 3.05) is 31.8 Å². The second-order valence-corrected chi connectivity index (χ2v) is 6.73. The Morgan fingerprint density at radius 3 is 2.79 bits per heavy atom. The Bertz CT molecular complexity index is 419. The van der Waals surface area contributed by atoms with Crippen molar-refractivity contribution >= 4 is 15.9 Å². The monoisotopic (exact) mass is 290 g/mol. The summed E-state index contributed by atoms with van der Waals surface area (Å²) in [6.45, 7) is 2.75. The first kappa shape index (κ1) is 16.0. The number of carbonyl (C=O) groups excluding carboxylic acids is 1. The molecule has 7 heteroatoms. The number of sulfone groups is 1. The van der Waals surface area contributed by atoms with Crippen LogP contribution in [0.25, 0.3) is 0 Å². The fourth-order valence-corrected chi connectivity index (χ4v) is 3.72. The summed E-state index contributed by atoms with van der Waals surface area (Å²) in [5, 5.41) is 2.65. The van der Waals surface area contributed by atoms with Gasteiger partial charge < -0.3 is 15.0 Å². The minimum atomic E-state index is -3.00. The normalized spacial score (nSPS) is 21.7. The van der Waals surface area contributed by atoms with Crippen molar-refractivity contribution in [3.05, 3.63) is 12.3 Å². The lowest BCUT2D eigenvalue weighted by atomic mass is 10.2. The maximum absolute atomic E-state index is 12.0. The lowest BCUT2D eigenvalue weighted by molar-refractivity contribution is 0.135. The van der Waals surface area contributed by atoms with Crippen LogP contribution in [0.5, 0.6) is 0 Å². The molecule has 1 aliphatic rings. The average molecular weight is 290 g/mol. The van der Waals surface area contributed by atoms with E-state index in [-0.39, 0.29) is 23.6 Å². The third-order valence-electron chi connectivity index (χ3n) is 3.01. The van der Waals surface area contributed by atoms with Crippen LogP contribution in [0.4, 0.5) is 4.79 Å². The summed E-state index contributed by atoms with van der Waals surface area (Å²) < 4.78 is 28.0. The van der Waals surface area contributed by atoms with Crippen molar-refractivity contribution < 1.29 is 17.9 Å². The van der Waals surface area contributed by atoms with Crippen LogP contribution in [0.1, 0.15) is 19.8 Å². The smallest absolute Gasteiger partial charge is 0.321 e. The summed E-state index contributed by atoms with van der Waals surface area (Å²) in [7, 11) is -1.45. The number of nitrogens with one attached hydrogen (secondary N) is 1. The first-order valence-electron chi connectivity index (χ1n) is 6.41. The SMILES string of the molecule is CC/C=C/NC(=O)N(CCOC)C1CCS(=O)(=O)C1. The number of hydrogen-bond donors (Lipinski definition) is 1. The Hall–Kier alpha value is -1.08. The van der Waals surface area contributed by atoms with Crippen LogP contribution in [-0.4, -0.2) is 57.2 Å². The molecule has 110 valence electrons. The highest BCUT2D eigenvalue weighted by molar-refractivity contribution is 7.91. The van der Waals surface area contributed by atoms with Gasteiger partial charge in [0, 0.05) is 25.9 Å². The van der Waals surface area contributed by atoms with E-state index in [1.54, 1.807) is 18.2 Å². The molecule has 0 aromatic rings. The summed E-state index contributed by atoms with van der Waals surface area (Å²) in [6.07, 6.45) is 4.75. The van der Waals surface area contributed by atoms with Gasteiger partial charge in [0.25, 0.3) is 0 Å². The van der Waals surface area contributed by atoms with Crippen LogP contribution in [0.3, 0.4) is 0 Å². The van der Waals surface area contributed by atoms with Crippen molar-refractivity contribution in [2.45, 2.75) is 25.8 Å². The number of amides is 2. The standard InChI is InChI=1S/C12H22N2O4S/c1-3-4-6-13-12(15)14(7-8-18-2)11-5-9-19(16,17)10-11/h4,6,11H,3,5,7-10H2,1-2H3,(H,13,15)/b6-4+. The predicted molar refractivity (Wildman–Crippen MR) is 73.6 cm³/mol. The molecule has 19 heavy (non-hydrogen) atoms. The predicted octanol–water partition coefficient (Wildman–Crippen LogP) is 0.755. The largest absolute Gasteiger partial charge is 0.383 e. The molecular formula is C12H22N2O4S. The van der Waals surface area contributed by atoms with Crippen LogP contribution < -0.4 is 5.32 Å². The highest BCUT2D eigenvalue weighted by Gasteiger charge is 2.34. The molecule has 0 aliphatic carbocycles. The lowest BCUT2D eigenvalue weighted by Gasteiger charge is -2.27. The second-order valence-electron chi connectivity index (χ2n) is 4.50. The van der Waals surface area contributed by atoms with Crippen molar-refractivity contribution in [3.63, 3.8) is 0 Å². The van der Waals surface area contributed by atoms with E-state index in [0.29, 0.717) is 19.6 Å². The summed E-state index contributed by atoms with van der Waals surface area (Å²) in [5.41, 5.74) is 0. The summed E-state index contributed by atoms with van der Waals surface area (Å²) in [5.74, 6) is 0.195. The van der Waals surface area contributed by atoms with Gasteiger partial charge >= 0.3 is 6.03 Å². The van der Waals surface area contributed by atoms with Gasteiger partial charge in [-0.3, -0.25) is 0 Å². The van der Waals surface area contributed by atoms with Crippen LogP contribution >= 0.6 is 0 Å². The van der Waals surface area contributed by atoms with Gasteiger partial charge in [-0.2, -0.15) is 0 Å². The molecule has 0 bridgehead atoms. The molecule has 1 fully saturated rings. The molecular weight excluding hydrogens is 268 g/mol. The fraction of sp³-hybridized carbons (Fsp3) is 0.750. The maximum Gasteiger partial charge on any atom is 0.321 e. The molecule has 1 rings (SSSR count). The fourth-order valence-electron chi connectivity index (χ4n) is 1.99. The van der Waals surface area contributed by atoms with Crippen LogP contribution in [0.2, 0.25) is 0 Å². The van der Waals surface area contributed by atoms with Crippen molar-refractivity contribution in [1.82, 2.24) is 10.2 Å².